The van der Waals surface area contributed by atoms with Crippen LogP contribution in [0, 0.1) is 5.92 Å². The highest BCUT2D eigenvalue weighted by Gasteiger charge is 2.22. The summed E-state index contributed by atoms with van der Waals surface area (Å²) in [5.74, 6) is 3.47. The van der Waals surface area contributed by atoms with Crippen molar-refractivity contribution in [3.63, 3.8) is 0 Å². The number of aryl methyl sites for hydroxylation is 1. The van der Waals surface area contributed by atoms with Crippen LogP contribution in [0.5, 0.6) is 0 Å². The van der Waals surface area contributed by atoms with Crippen LogP contribution in [-0.4, -0.2) is 60.7 Å². The van der Waals surface area contributed by atoms with E-state index in [0.717, 1.165) is 69.1 Å². The van der Waals surface area contributed by atoms with Gasteiger partial charge in [0.1, 0.15) is 12.4 Å². The highest BCUT2D eigenvalue weighted by Crippen LogP contribution is 2.28. The number of nitrogens with zero attached hydrogens (tertiary/aromatic N) is 4. The van der Waals surface area contributed by atoms with Gasteiger partial charge in [0.15, 0.2) is 11.8 Å². The number of guanidine groups is 1. The summed E-state index contributed by atoms with van der Waals surface area (Å²) < 4.78 is 12.7. The number of rotatable bonds is 9. The van der Waals surface area contributed by atoms with E-state index in [4.69, 9.17) is 9.47 Å². The first kappa shape index (κ1) is 18.1. The molecule has 1 unspecified atom stereocenters. The van der Waals surface area contributed by atoms with Gasteiger partial charge in [-0.25, -0.2) is 9.67 Å². The molecule has 8 nitrogen and oxygen atoms in total. The molecule has 25 heavy (non-hydrogen) atoms. The maximum absolute atomic E-state index is 5.66. The maximum atomic E-state index is 5.66. The summed E-state index contributed by atoms with van der Waals surface area (Å²) in [6.07, 6.45) is 5.62. The van der Waals surface area contributed by atoms with Crippen LogP contribution in [0.15, 0.2) is 4.99 Å². The Kier molecular flexibility index (Phi) is 6.63. The van der Waals surface area contributed by atoms with E-state index in [1.54, 1.807) is 14.2 Å². The van der Waals surface area contributed by atoms with Crippen molar-refractivity contribution in [2.24, 2.45) is 10.9 Å². The second kappa shape index (κ2) is 9.15. The largest absolute Gasteiger partial charge is 0.381 e. The molecular formula is C17H30N6O2. The number of methoxy groups -OCH3 is 1. The zero-order valence-electron chi connectivity index (χ0n) is 15.3. The predicted molar refractivity (Wildman–Crippen MR) is 95.5 cm³/mol. The van der Waals surface area contributed by atoms with Crippen LogP contribution in [0.2, 0.25) is 0 Å². The Morgan fingerprint density at radius 3 is 3.00 bits per heavy atom. The molecule has 1 fully saturated rings. The normalized spacial score (nSPS) is 20.4. The zero-order valence-corrected chi connectivity index (χ0v) is 15.3. The van der Waals surface area contributed by atoms with E-state index in [1.807, 2.05) is 4.68 Å². The highest BCUT2D eigenvalue weighted by atomic mass is 16.5. The summed E-state index contributed by atoms with van der Waals surface area (Å²) >= 11 is 0. The Hall–Kier alpha value is -1.67. The van der Waals surface area contributed by atoms with Gasteiger partial charge in [0.25, 0.3) is 0 Å². The second-order valence-electron chi connectivity index (χ2n) is 6.81. The summed E-state index contributed by atoms with van der Waals surface area (Å²) in [4.78, 5) is 8.83. The third-order valence-electron chi connectivity index (χ3n) is 4.55. The molecule has 0 spiro atoms. The molecule has 140 valence electrons. The van der Waals surface area contributed by atoms with Crippen molar-refractivity contribution < 1.29 is 9.47 Å². The van der Waals surface area contributed by atoms with E-state index in [1.165, 1.54) is 12.8 Å². The smallest absolute Gasteiger partial charge is 0.191 e. The Morgan fingerprint density at radius 2 is 2.24 bits per heavy atom. The molecule has 3 rings (SSSR count). The van der Waals surface area contributed by atoms with Gasteiger partial charge >= 0.3 is 0 Å². The van der Waals surface area contributed by atoms with Crippen molar-refractivity contribution in [2.45, 2.75) is 51.3 Å². The monoisotopic (exact) mass is 350 g/mol. The average Bonchev–Trinajstić information content (AvgIpc) is 3.35. The van der Waals surface area contributed by atoms with Crippen molar-refractivity contribution in [2.75, 3.05) is 33.9 Å². The van der Waals surface area contributed by atoms with E-state index in [-0.39, 0.29) is 0 Å². The van der Waals surface area contributed by atoms with Crippen LogP contribution in [0.1, 0.15) is 37.3 Å². The van der Waals surface area contributed by atoms with Gasteiger partial charge in [-0.2, -0.15) is 5.10 Å². The standard InChI is InChI=1S/C17H30N6O2/c1-18-17(19-8-3-9-25-11-13-4-5-13)20-14-6-7-16-21-15(12-24-2)22-23(16)10-14/h13-14H,3-12H2,1-2H3,(H2,18,19,20). The van der Waals surface area contributed by atoms with Gasteiger partial charge in [-0.3, -0.25) is 4.99 Å². The summed E-state index contributed by atoms with van der Waals surface area (Å²) in [6.45, 7) is 3.87. The number of fused-ring (bicyclic) bond motifs is 1. The van der Waals surface area contributed by atoms with Crippen LogP contribution in [0.4, 0.5) is 0 Å². The van der Waals surface area contributed by atoms with Crippen molar-refractivity contribution in [3.05, 3.63) is 11.6 Å². The molecule has 2 aliphatic rings. The Morgan fingerprint density at radius 1 is 1.36 bits per heavy atom. The van der Waals surface area contributed by atoms with Gasteiger partial charge in [-0.05, 0) is 31.6 Å². The number of hydrogen-bond acceptors (Lipinski definition) is 5. The SMILES string of the molecule is CN=C(NCCCOCC1CC1)NC1CCc2nc(COC)nn2C1. The fraction of sp³-hybridized carbons (Fsp3) is 0.824. The van der Waals surface area contributed by atoms with E-state index in [9.17, 15) is 0 Å². The second-order valence-corrected chi connectivity index (χ2v) is 6.81. The minimum absolute atomic E-state index is 0.307. The van der Waals surface area contributed by atoms with Crippen LogP contribution in [0.3, 0.4) is 0 Å². The topological polar surface area (TPSA) is 85.6 Å². The van der Waals surface area contributed by atoms with Gasteiger partial charge in [0.2, 0.25) is 0 Å². The molecule has 0 aromatic carbocycles. The quantitative estimate of drug-likeness (QED) is 0.388. The van der Waals surface area contributed by atoms with Crippen molar-refractivity contribution in [1.29, 1.82) is 0 Å². The number of ether oxygens (including phenoxy) is 2. The number of aromatic nitrogens is 3. The van der Waals surface area contributed by atoms with Crippen LogP contribution < -0.4 is 10.6 Å². The molecule has 0 amide bonds. The fourth-order valence-electron chi connectivity index (χ4n) is 2.97. The molecule has 0 bridgehead atoms. The molecule has 1 aliphatic heterocycles. The van der Waals surface area contributed by atoms with Gasteiger partial charge in [-0.1, -0.05) is 0 Å². The lowest BCUT2D eigenvalue weighted by molar-refractivity contribution is 0.123. The molecule has 1 aliphatic carbocycles. The van der Waals surface area contributed by atoms with Crippen molar-refractivity contribution in [1.82, 2.24) is 25.4 Å². The first-order valence-electron chi connectivity index (χ1n) is 9.25. The summed E-state index contributed by atoms with van der Waals surface area (Å²) in [7, 11) is 3.47. The number of hydrogen-bond donors (Lipinski definition) is 2. The van der Waals surface area contributed by atoms with Crippen LogP contribution in [-0.2, 0) is 29.0 Å². The van der Waals surface area contributed by atoms with Crippen molar-refractivity contribution >= 4 is 5.96 Å². The lowest BCUT2D eigenvalue weighted by Crippen LogP contribution is -2.47. The van der Waals surface area contributed by atoms with Gasteiger partial charge in [0, 0.05) is 46.4 Å². The third kappa shape index (κ3) is 5.67. The number of aliphatic imine (C=N–C) groups is 1. The minimum atomic E-state index is 0.307. The first-order chi connectivity index (χ1) is 12.3. The highest BCUT2D eigenvalue weighted by molar-refractivity contribution is 5.79. The zero-order chi connectivity index (χ0) is 17.5. The minimum Gasteiger partial charge on any atom is -0.381 e. The molecule has 0 radical (unpaired) electrons. The number of nitrogens with one attached hydrogen (secondary N) is 2. The first-order valence-corrected chi connectivity index (χ1v) is 9.25. The van der Waals surface area contributed by atoms with E-state index in [2.05, 4.69) is 25.7 Å². The molecule has 8 heteroatoms. The predicted octanol–water partition coefficient (Wildman–Crippen LogP) is 0.721. The van der Waals surface area contributed by atoms with Crippen LogP contribution in [0.25, 0.3) is 0 Å². The molecule has 2 heterocycles. The molecule has 1 aromatic heterocycles. The van der Waals surface area contributed by atoms with E-state index in [0.29, 0.717) is 12.6 Å². The Bertz CT molecular complexity index is 569. The molecule has 0 saturated heterocycles. The molecular weight excluding hydrogens is 320 g/mol. The van der Waals surface area contributed by atoms with Gasteiger partial charge < -0.3 is 20.1 Å². The Balaban J connectivity index is 1.36. The van der Waals surface area contributed by atoms with E-state index < -0.39 is 0 Å². The summed E-state index contributed by atoms with van der Waals surface area (Å²) in [5, 5.41) is 11.4. The van der Waals surface area contributed by atoms with Crippen LogP contribution >= 0.6 is 0 Å². The summed E-state index contributed by atoms with van der Waals surface area (Å²) in [5.41, 5.74) is 0. The lowest BCUT2D eigenvalue weighted by Gasteiger charge is -2.25. The molecule has 1 saturated carbocycles. The molecule has 1 aromatic rings. The van der Waals surface area contributed by atoms with Gasteiger partial charge in [0.05, 0.1) is 6.54 Å². The van der Waals surface area contributed by atoms with Crippen molar-refractivity contribution in [3.8, 4) is 0 Å². The third-order valence-corrected chi connectivity index (χ3v) is 4.55. The fourth-order valence-corrected chi connectivity index (χ4v) is 2.97. The molecule has 1 atom stereocenters. The maximum Gasteiger partial charge on any atom is 0.191 e. The van der Waals surface area contributed by atoms with E-state index >= 15 is 0 Å². The summed E-state index contributed by atoms with van der Waals surface area (Å²) in [6, 6.07) is 0.307. The lowest BCUT2D eigenvalue weighted by atomic mass is 10.1. The average molecular weight is 350 g/mol. The molecule has 2 N–H and O–H groups in total. The Labute approximate surface area is 149 Å². The van der Waals surface area contributed by atoms with Gasteiger partial charge in [-0.15, -0.1) is 0 Å².